The zero-order valence-corrected chi connectivity index (χ0v) is 13.5. The molecule has 1 saturated heterocycles. The lowest BCUT2D eigenvalue weighted by Crippen LogP contribution is -2.35. The van der Waals surface area contributed by atoms with Crippen LogP contribution in [0.15, 0.2) is 29.6 Å². The quantitative estimate of drug-likeness (QED) is 0.932. The van der Waals surface area contributed by atoms with Gasteiger partial charge in [-0.15, -0.1) is 11.3 Å². The fraction of sp³-hybridized carbons (Fsp3) is 0.333. The third-order valence-corrected chi connectivity index (χ3v) is 4.40. The highest BCUT2D eigenvalue weighted by Crippen LogP contribution is 2.17. The summed E-state index contributed by atoms with van der Waals surface area (Å²) in [4.78, 5) is 18.9. The SMILES string of the molecule is O=C(Nc1cccc(Cl)c1)c1csc(CN2CCOCC2)n1. The summed E-state index contributed by atoms with van der Waals surface area (Å²) >= 11 is 7.41. The average molecular weight is 338 g/mol. The Morgan fingerprint density at radius 1 is 1.41 bits per heavy atom. The molecule has 1 aromatic heterocycles. The van der Waals surface area contributed by atoms with E-state index in [9.17, 15) is 4.79 Å². The summed E-state index contributed by atoms with van der Waals surface area (Å²) in [5, 5.41) is 6.12. The number of halogens is 1. The number of rotatable bonds is 4. The van der Waals surface area contributed by atoms with Gasteiger partial charge in [0.2, 0.25) is 0 Å². The average Bonchev–Trinajstić information content (AvgIpc) is 2.97. The van der Waals surface area contributed by atoms with Gasteiger partial charge >= 0.3 is 0 Å². The molecular weight excluding hydrogens is 322 g/mol. The second-order valence-corrected chi connectivity index (χ2v) is 6.36. The number of morpholine rings is 1. The second kappa shape index (κ2) is 7.19. The second-order valence-electron chi connectivity index (χ2n) is 4.98. The number of nitrogens with one attached hydrogen (secondary N) is 1. The number of carbonyl (C=O) groups is 1. The van der Waals surface area contributed by atoms with E-state index in [4.69, 9.17) is 16.3 Å². The van der Waals surface area contributed by atoms with E-state index in [1.165, 1.54) is 11.3 Å². The van der Waals surface area contributed by atoms with Crippen LogP contribution in [0.25, 0.3) is 0 Å². The van der Waals surface area contributed by atoms with Crippen LogP contribution in [0.3, 0.4) is 0 Å². The third kappa shape index (κ3) is 4.04. The van der Waals surface area contributed by atoms with Crippen LogP contribution >= 0.6 is 22.9 Å². The molecule has 1 N–H and O–H groups in total. The Bertz CT molecular complexity index is 656. The van der Waals surface area contributed by atoms with E-state index >= 15 is 0 Å². The number of ether oxygens (including phenoxy) is 1. The summed E-state index contributed by atoms with van der Waals surface area (Å²) in [5.41, 5.74) is 1.11. The molecule has 0 saturated carbocycles. The molecule has 2 heterocycles. The Morgan fingerprint density at radius 2 is 2.23 bits per heavy atom. The predicted molar refractivity (Wildman–Crippen MR) is 87.6 cm³/mol. The molecule has 3 rings (SSSR count). The molecule has 1 fully saturated rings. The van der Waals surface area contributed by atoms with Crippen molar-refractivity contribution in [3.63, 3.8) is 0 Å². The first-order chi connectivity index (χ1) is 10.7. The van der Waals surface area contributed by atoms with E-state index in [0.29, 0.717) is 16.4 Å². The van der Waals surface area contributed by atoms with Gasteiger partial charge in [0.25, 0.3) is 5.91 Å². The zero-order valence-electron chi connectivity index (χ0n) is 11.9. The maximum absolute atomic E-state index is 12.2. The Hall–Kier alpha value is -1.47. The molecule has 1 aromatic carbocycles. The van der Waals surface area contributed by atoms with Gasteiger partial charge < -0.3 is 10.1 Å². The molecule has 0 spiro atoms. The fourth-order valence-electron chi connectivity index (χ4n) is 2.20. The molecule has 1 aliphatic heterocycles. The van der Waals surface area contributed by atoms with Crippen molar-refractivity contribution in [1.82, 2.24) is 9.88 Å². The number of hydrogen-bond donors (Lipinski definition) is 1. The highest BCUT2D eigenvalue weighted by Gasteiger charge is 2.15. The first kappa shape index (κ1) is 15.4. The molecular formula is C15H16ClN3O2S. The molecule has 2 aromatic rings. The van der Waals surface area contributed by atoms with Crippen LogP contribution in [0.2, 0.25) is 5.02 Å². The molecule has 0 atom stereocenters. The van der Waals surface area contributed by atoms with E-state index in [-0.39, 0.29) is 5.91 Å². The molecule has 0 unspecified atom stereocenters. The highest BCUT2D eigenvalue weighted by atomic mass is 35.5. The van der Waals surface area contributed by atoms with E-state index in [2.05, 4.69) is 15.2 Å². The summed E-state index contributed by atoms with van der Waals surface area (Å²) in [6, 6.07) is 7.06. The van der Waals surface area contributed by atoms with Gasteiger partial charge in [-0.05, 0) is 18.2 Å². The number of aromatic nitrogens is 1. The molecule has 5 nitrogen and oxygen atoms in total. The minimum absolute atomic E-state index is 0.216. The lowest BCUT2D eigenvalue weighted by molar-refractivity contribution is 0.0341. The number of anilines is 1. The smallest absolute Gasteiger partial charge is 0.275 e. The maximum atomic E-state index is 12.2. The van der Waals surface area contributed by atoms with Gasteiger partial charge in [-0.25, -0.2) is 4.98 Å². The topological polar surface area (TPSA) is 54.5 Å². The van der Waals surface area contributed by atoms with Crippen molar-refractivity contribution in [2.45, 2.75) is 6.54 Å². The summed E-state index contributed by atoms with van der Waals surface area (Å²) < 4.78 is 5.32. The van der Waals surface area contributed by atoms with E-state index in [0.717, 1.165) is 37.9 Å². The van der Waals surface area contributed by atoms with Gasteiger partial charge in [-0.3, -0.25) is 9.69 Å². The number of benzene rings is 1. The van der Waals surface area contributed by atoms with Crippen molar-refractivity contribution in [3.8, 4) is 0 Å². The Morgan fingerprint density at radius 3 is 3.00 bits per heavy atom. The van der Waals surface area contributed by atoms with E-state index in [1.54, 1.807) is 29.6 Å². The first-order valence-corrected chi connectivity index (χ1v) is 8.28. The number of nitrogens with zero attached hydrogens (tertiary/aromatic N) is 2. The number of carbonyl (C=O) groups excluding carboxylic acids is 1. The summed E-state index contributed by atoms with van der Waals surface area (Å²) in [6.07, 6.45) is 0. The number of amides is 1. The molecule has 1 amide bonds. The van der Waals surface area contributed by atoms with Gasteiger partial charge in [0, 0.05) is 29.2 Å². The number of thiazole rings is 1. The van der Waals surface area contributed by atoms with Gasteiger partial charge in [0.1, 0.15) is 10.7 Å². The lowest BCUT2D eigenvalue weighted by atomic mass is 10.3. The van der Waals surface area contributed by atoms with Gasteiger partial charge in [0.15, 0.2) is 0 Å². The normalized spacial score (nSPS) is 15.7. The number of hydrogen-bond acceptors (Lipinski definition) is 5. The van der Waals surface area contributed by atoms with Gasteiger partial charge in [-0.2, -0.15) is 0 Å². The summed E-state index contributed by atoms with van der Waals surface area (Å²) in [6.45, 7) is 4.09. The minimum Gasteiger partial charge on any atom is -0.379 e. The van der Waals surface area contributed by atoms with Crippen molar-refractivity contribution in [2.24, 2.45) is 0 Å². The predicted octanol–water partition coefficient (Wildman–Crippen LogP) is 2.88. The summed E-state index contributed by atoms with van der Waals surface area (Å²) in [5.74, 6) is -0.216. The lowest BCUT2D eigenvalue weighted by Gasteiger charge is -2.25. The molecule has 116 valence electrons. The standard InChI is InChI=1S/C15H16ClN3O2S/c16-11-2-1-3-12(8-11)17-15(20)13-10-22-14(18-13)9-19-4-6-21-7-5-19/h1-3,8,10H,4-7,9H2,(H,17,20). The van der Waals surface area contributed by atoms with Crippen molar-refractivity contribution in [3.05, 3.63) is 45.4 Å². The molecule has 0 aliphatic carbocycles. The minimum atomic E-state index is -0.216. The summed E-state index contributed by atoms with van der Waals surface area (Å²) in [7, 11) is 0. The molecule has 7 heteroatoms. The van der Waals surface area contributed by atoms with Gasteiger partial charge in [-0.1, -0.05) is 17.7 Å². The van der Waals surface area contributed by atoms with Crippen LogP contribution in [0.4, 0.5) is 5.69 Å². The van der Waals surface area contributed by atoms with E-state index in [1.807, 2.05) is 0 Å². The van der Waals surface area contributed by atoms with Crippen molar-refractivity contribution in [2.75, 3.05) is 31.6 Å². The third-order valence-electron chi connectivity index (χ3n) is 3.33. The molecule has 1 aliphatic rings. The van der Waals surface area contributed by atoms with Crippen LogP contribution in [0, 0.1) is 0 Å². The molecule has 0 radical (unpaired) electrons. The zero-order chi connectivity index (χ0) is 15.4. The van der Waals surface area contributed by atoms with Crippen LogP contribution in [-0.4, -0.2) is 42.1 Å². The van der Waals surface area contributed by atoms with Gasteiger partial charge in [0.05, 0.1) is 19.8 Å². The van der Waals surface area contributed by atoms with Crippen LogP contribution in [0.5, 0.6) is 0 Å². The fourth-order valence-corrected chi connectivity index (χ4v) is 3.21. The Balaban J connectivity index is 1.61. The molecule has 0 bridgehead atoms. The van der Waals surface area contributed by atoms with Crippen molar-refractivity contribution >= 4 is 34.5 Å². The van der Waals surface area contributed by atoms with E-state index < -0.39 is 0 Å². The monoisotopic (exact) mass is 337 g/mol. The van der Waals surface area contributed by atoms with Crippen LogP contribution < -0.4 is 5.32 Å². The van der Waals surface area contributed by atoms with Crippen LogP contribution in [0.1, 0.15) is 15.5 Å². The Kier molecular flexibility index (Phi) is 5.04. The van der Waals surface area contributed by atoms with Crippen molar-refractivity contribution in [1.29, 1.82) is 0 Å². The maximum Gasteiger partial charge on any atom is 0.275 e. The van der Waals surface area contributed by atoms with Crippen LogP contribution in [-0.2, 0) is 11.3 Å². The largest absolute Gasteiger partial charge is 0.379 e. The highest BCUT2D eigenvalue weighted by molar-refractivity contribution is 7.09. The van der Waals surface area contributed by atoms with Crippen molar-refractivity contribution < 1.29 is 9.53 Å². The Labute approximate surface area is 137 Å². The molecule has 22 heavy (non-hydrogen) atoms. The first-order valence-electron chi connectivity index (χ1n) is 7.02.